The predicted octanol–water partition coefficient (Wildman–Crippen LogP) is 6.00. The summed E-state index contributed by atoms with van der Waals surface area (Å²) in [4.78, 5) is 27.3. The highest BCUT2D eigenvalue weighted by Crippen LogP contribution is 2.51. The van der Waals surface area contributed by atoms with Gasteiger partial charge < -0.3 is 24.6 Å². The topological polar surface area (TPSA) is 97.3 Å². The molecule has 236 valence electrons. The fourth-order valence-electron chi connectivity index (χ4n) is 5.38. The van der Waals surface area contributed by atoms with Crippen LogP contribution in [0.3, 0.4) is 0 Å². The number of amides is 3. The summed E-state index contributed by atoms with van der Waals surface area (Å²) < 4.78 is 97.2. The average Bonchev–Trinajstić information content (AvgIpc) is 3.49. The second-order valence-electron chi connectivity index (χ2n) is 10.5. The number of aryl methyl sites for hydroxylation is 2. The Morgan fingerprint density at radius 2 is 1.67 bits per heavy atom. The molecule has 0 spiro atoms. The van der Waals surface area contributed by atoms with Gasteiger partial charge in [-0.25, -0.2) is 4.79 Å². The summed E-state index contributed by atoms with van der Waals surface area (Å²) in [7, 11) is 0. The number of benzene rings is 2. The minimum Gasteiger partial charge on any atom is -0.493 e. The zero-order valence-corrected chi connectivity index (χ0v) is 23.7. The van der Waals surface area contributed by atoms with Crippen LogP contribution in [-0.2, 0) is 22.4 Å². The van der Waals surface area contributed by atoms with E-state index in [2.05, 4.69) is 5.32 Å². The van der Waals surface area contributed by atoms with Crippen molar-refractivity contribution in [2.45, 2.75) is 76.4 Å². The van der Waals surface area contributed by atoms with Crippen LogP contribution in [0.1, 0.15) is 61.8 Å². The smallest absolute Gasteiger partial charge is 0.430 e. The van der Waals surface area contributed by atoms with E-state index in [0.29, 0.717) is 48.5 Å². The van der Waals surface area contributed by atoms with Gasteiger partial charge in [-0.3, -0.25) is 9.69 Å². The number of nitrogens with one attached hydrogen (secondary N) is 1. The standard InChI is InChI=1S/C29H32F6N2O6/c1-4-8-18-14-20(27(40,28(30,31)32)29(33,34)35)13-17(3)23(18)41-12-7-6-11-37-24(38)26(5-2,36-25(37)39)19-9-10-21-22(15-19)43-16-42-21/h9-10,13-15,40H,4-8,11-12,16H2,1-3H3,(H,36,39). The monoisotopic (exact) mass is 618 g/mol. The van der Waals surface area contributed by atoms with E-state index >= 15 is 0 Å². The first kappa shape index (κ1) is 32.2. The quantitative estimate of drug-likeness (QED) is 0.182. The van der Waals surface area contributed by atoms with Gasteiger partial charge in [0.25, 0.3) is 11.5 Å². The maximum Gasteiger partial charge on any atom is 0.430 e. The molecule has 2 aliphatic rings. The van der Waals surface area contributed by atoms with Gasteiger partial charge >= 0.3 is 18.4 Å². The van der Waals surface area contributed by atoms with Crippen LogP contribution < -0.4 is 19.5 Å². The third kappa shape index (κ3) is 5.68. The Balaban J connectivity index is 1.43. The third-order valence-electron chi connectivity index (χ3n) is 7.70. The predicted molar refractivity (Wildman–Crippen MR) is 141 cm³/mol. The lowest BCUT2D eigenvalue weighted by Gasteiger charge is -2.33. The van der Waals surface area contributed by atoms with Gasteiger partial charge in [-0.05, 0) is 73.6 Å². The summed E-state index contributed by atoms with van der Waals surface area (Å²) in [6.45, 7) is 4.91. The normalized spacial score (nSPS) is 18.8. The summed E-state index contributed by atoms with van der Waals surface area (Å²) in [5, 5.41) is 12.6. The summed E-state index contributed by atoms with van der Waals surface area (Å²) in [6, 6.07) is 5.77. The van der Waals surface area contributed by atoms with Gasteiger partial charge in [0.2, 0.25) is 6.79 Å². The molecule has 1 saturated heterocycles. The van der Waals surface area contributed by atoms with Crippen LogP contribution in [0, 0.1) is 6.92 Å². The van der Waals surface area contributed by atoms with Gasteiger partial charge in [0.15, 0.2) is 11.5 Å². The summed E-state index contributed by atoms with van der Waals surface area (Å²) in [5.41, 5.74) is -7.01. The Morgan fingerprint density at radius 1 is 1.00 bits per heavy atom. The average molecular weight is 619 g/mol. The second kappa shape index (κ2) is 11.8. The number of nitrogens with zero attached hydrogens (tertiary/aromatic N) is 1. The van der Waals surface area contributed by atoms with E-state index in [9.17, 15) is 41.0 Å². The molecule has 4 rings (SSSR count). The Kier molecular flexibility index (Phi) is 8.83. The van der Waals surface area contributed by atoms with Crippen LogP contribution in [0.2, 0.25) is 0 Å². The molecule has 0 bridgehead atoms. The van der Waals surface area contributed by atoms with Crippen molar-refractivity contribution in [2.75, 3.05) is 19.9 Å². The van der Waals surface area contributed by atoms with Crippen LogP contribution in [0.5, 0.6) is 17.2 Å². The van der Waals surface area contributed by atoms with Crippen molar-refractivity contribution in [2.24, 2.45) is 0 Å². The zero-order valence-electron chi connectivity index (χ0n) is 23.7. The fourth-order valence-corrected chi connectivity index (χ4v) is 5.38. The number of halogens is 6. The van der Waals surface area contributed by atoms with E-state index in [0.717, 1.165) is 4.90 Å². The van der Waals surface area contributed by atoms with Crippen molar-refractivity contribution in [3.8, 4) is 17.2 Å². The fraction of sp³-hybridized carbons (Fsp3) is 0.517. The SMILES string of the molecule is CCCc1cc(C(O)(C(F)(F)F)C(F)(F)F)cc(C)c1OCCCCN1C(=O)NC(CC)(c2ccc3c(c2)OCO3)C1=O. The first-order valence-electron chi connectivity index (χ1n) is 13.8. The number of carbonyl (C=O) groups is 2. The molecule has 0 aliphatic carbocycles. The Bertz CT molecular complexity index is 1360. The number of hydrogen-bond acceptors (Lipinski definition) is 6. The van der Waals surface area contributed by atoms with Gasteiger partial charge in [-0.2, -0.15) is 26.3 Å². The molecule has 8 nitrogen and oxygen atoms in total. The maximum absolute atomic E-state index is 13.5. The largest absolute Gasteiger partial charge is 0.493 e. The van der Waals surface area contributed by atoms with Crippen LogP contribution in [0.25, 0.3) is 0 Å². The van der Waals surface area contributed by atoms with Crippen molar-refractivity contribution >= 4 is 11.9 Å². The molecule has 2 aromatic rings. The van der Waals surface area contributed by atoms with Crippen molar-refractivity contribution in [3.05, 3.63) is 52.6 Å². The lowest BCUT2D eigenvalue weighted by Crippen LogP contribution is -2.54. The molecule has 1 unspecified atom stereocenters. The molecular formula is C29H32F6N2O6. The number of fused-ring (bicyclic) bond motifs is 1. The summed E-state index contributed by atoms with van der Waals surface area (Å²) in [6.07, 6.45) is -10.6. The molecule has 0 aromatic heterocycles. The van der Waals surface area contributed by atoms with E-state index in [4.69, 9.17) is 14.2 Å². The molecule has 0 radical (unpaired) electrons. The van der Waals surface area contributed by atoms with Gasteiger partial charge in [0, 0.05) is 12.1 Å². The molecule has 3 amide bonds. The summed E-state index contributed by atoms with van der Waals surface area (Å²) in [5.74, 6) is 0.695. The minimum absolute atomic E-state index is 0.00145. The number of aliphatic hydroxyl groups is 1. The lowest BCUT2D eigenvalue weighted by atomic mass is 9.87. The molecule has 2 aliphatic heterocycles. The van der Waals surface area contributed by atoms with Gasteiger partial charge in [0.1, 0.15) is 11.3 Å². The van der Waals surface area contributed by atoms with Crippen molar-refractivity contribution in [1.29, 1.82) is 0 Å². The van der Waals surface area contributed by atoms with Crippen LogP contribution in [-0.4, -0.2) is 54.2 Å². The van der Waals surface area contributed by atoms with Crippen LogP contribution >= 0.6 is 0 Å². The van der Waals surface area contributed by atoms with E-state index in [1.54, 1.807) is 32.0 Å². The minimum atomic E-state index is -6.00. The number of urea groups is 1. The number of hydrogen-bond donors (Lipinski definition) is 2. The van der Waals surface area contributed by atoms with Gasteiger partial charge in [-0.15, -0.1) is 0 Å². The van der Waals surface area contributed by atoms with Crippen molar-refractivity contribution < 1.29 is 55.2 Å². The zero-order chi connectivity index (χ0) is 31.8. The molecule has 1 atom stereocenters. The molecule has 2 aromatic carbocycles. The number of alkyl halides is 6. The number of unbranched alkanes of at least 4 members (excludes halogenated alkanes) is 1. The number of ether oxygens (including phenoxy) is 3. The van der Waals surface area contributed by atoms with E-state index in [-0.39, 0.29) is 49.7 Å². The lowest BCUT2D eigenvalue weighted by molar-refractivity contribution is -0.376. The molecule has 2 heterocycles. The van der Waals surface area contributed by atoms with Crippen molar-refractivity contribution in [3.63, 3.8) is 0 Å². The molecule has 0 saturated carbocycles. The van der Waals surface area contributed by atoms with E-state index in [1.807, 2.05) is 0 Å². The second-order valence-corrected chi connectivity index (χ2v) is 10.5. The van der Waals surface area contributed by atoms with Gasteiger partial charge in [-0.1, -0.05) is 26.3 Å². The van der Waals surface area contributed by atoms with Gasteiger partial charge in [0.05, 0.1) is 6.61 Å². The van der Waals surface area contributed by atoms with Crippen LogP contribution in [0.4, 0.5) is 31.1 Å². The summed E-state index contributed by atoms with van der Waals surface area (Å²) >= 11 is 0. The number of rotatable bonds is 11. The Morgan fingerprint density at radius 3 is 2.30 bits per heavy atom. The number of imide groups is 1. The van der Waals surface area contributed by atoms with E-state index < -0.39 is 41.0 Å². The van der Waals surface area contributed by atoms with Crippen molar-refractivity contribution in [1.82, 2.24) is 10.2 Å². The highest BCUT2D eigenvalue weighted by molar-refractivity contribution is 6.07. The number of carbonyl (C=O) groups excluding carboxylic acids is 2. The highest BCUT2D eigenvalue weighted by Gasteiger charge is 2.71. The molecule has 43 heavy (non-hydrogen) atoms. The highest BCUT2D eigenvalue weighted by atomic mass is 19.4. The third-order valence-corrected chi connectivity index (χ3v) is 7.70. The van der Waals surface area contributed by atoms with Crippen LogP contribution in [0.15, 0.2) is 30.3 Å². The first-order chi connectivity index (χ1) is 20.1. The molecule has 1 fully saturated rings. The first-order valence-corrected chi connectivity index (χ1v) is 13.8. The molecule has 14 heteroatoms. The molecular weight excluding hydrogens is 586 g/mol. The Hall–Kier alpha value is -3.68. The maximum atomic E-state index is 13.5. The molecule has 2 N–H and O–H groups in total. The van der Waals surface area contributed by atoms with E-state index in [1.165, 1.54) is 6.92 Å². The Labute approximate surface area is 243 Å².